The Balaban J connectivity index is 1.50. The van der Waals surface area contributed by atoms with E-state index in [1.807, 2.05) is 0 Å². The Hall–Kier alpha value is -4.22. The molecule has 0 fully saturated rings. The van der Waals surface area contributed by atoms with E-state index in [0.29, 0.717) is 21.9 Å². The van der Waals surface area contributed by atoms with Crippen molar-refractivity contribution in [2.45, 2.75) is 13.0 Å². The molecule has 7 nitrogen and oxygen atoms in total. The van der Waals surface area contributed by atoms with E-state index in [1.54, 1.807) is 48.5 Å². The second-order valence-electron chi connectivity index (χ2n) is 7.06. The van der Waals surface area contributed by atoms with Gasteiger partial charge in [-0.2, -0.15) is 10.4 Å². The van der Waals surface area contributed by atoms with Crippen molar-refractivity contribution in [1.29, 1.82) is 5.26 Å². The molecule has 3 rings (SSSR count). The van der Waals surface area contributed by atoms with E-state index in [2.05, 4.69) is 21.9 Å². The number of carbonyl (C=O) groups is 2. The van der Waals surface area contributed by atoms with Crippen LogP contribution < -0.4 is 15.5 Å². The van der Waals surface area contributed by atoms with E-state index in [0.717, 1.165) is 5.56 Å². The fraction of sp³-hybridized carbons (Fsp3) is 0.120. The number of nitrogens with zero attached hydrogens (tertiary/aromatic N) is 2. The van der Waals surface area contributed by atoms with Crippen LogP contribution in [0.1, 0.15) is 33.5 Å². The summed E-state index contributed by atoms with van der Waals surface area (Å²) >= 11 is 6.07. The lowest BCUT2D eigenvalue weighted by molar-refractivity contribution is -0.120. The molecule has 0 radical (unpaired) electrons. The molecule has 0 atom stereocenters. The summed E-state index contributed by atoms with van der Waals surface area (Å²) in [4.78, 5) is 24.0. The highest BCUT2D eigenvalue weighted by Crippen LogP contribution is 2.22. The number of rotatable bonds is 9. The minimum Gasteiger partial charge on any atom is -0.488 e. The van der Waals surface area contributed by atoms with Gasteiger partial charge in [-0.05, 0) is 48.0 Å². The Morgan fingerprint density at radius 1 is 1.12 bits per heavy atom. The van der Waals surface area contributed by atoms with Crippen LogP contribution in [0.15, 0.2) is 71.8 Å². The number of benzene rings is 3. The standard InChI is InChI=1S/C25H20ClFN4O3/c26-20-9-10-23(34-16-18-7-5-17(14-28)6-8-18)19(13-20)15-30-31-24(32)11-12-29-25(33)21-3-1-2-4-22(21)27/h1-10,13,15H,11-12,16H2,(H,29,33)(H,31,32). The Morgan fingerprint density at radius 2 is 1.88 bits per heavy atom. The van der Waals surface area contributed by atoms with Gasteiger partial charge >= 0.3 is 0 Å². The highest BCUT2D eigenvalue weighted by molar-refractivity contribution is 6.30. The van der Waals surface area contributed by atoms with Gasteiger partial charge in [0.05, 0.1) is 23.4 Å². The molecular formula is C25H20ClFN4O3. The molecule has 0 unspecified atom stereocenters. The normalized spacial score (nSPS) is 10.5. The highest BCUT2D eigenvalue weighted by Gasteiger charge is 2.11. The van der Waals surface area contributed by atoms with E-state index >= 15 is 0 Å². The summed E-state index contributed by atoms with van der Waals surface area (Å²) < 4.78 is 19.4. The molecular weight excluding hydrogens is 459 g/mol. The zero-order chi connectivity index (χ0) is 24.3. The molecule has 0 aromatic heterocycles. The molecule has 34 heavy (non-hydrogen) atoms. The second kappa shape index (κ2) is 12.1. The summed E-state index contributed by atoms with van der Waals surface area (Å²) in [5, 5.41) is 15.8. The van der Waals surface area contributed by atoms with Crippen LogP contribution in [0.2, 0.25) is 5.02 Å². The van der Waals surface area contributed by atoms with Crippen LogP contribution in [-0.4, -0.2) is 24.6 Å². The largest absolute Gasteiger partial charge is 0.488 e. The molecule has 0 bridgehead atoms. The molecule has 2 N–H and O–H groups in total. The van der Waals surface area contributed by atoms with Gasteiger partial charge in [0.15, 0.2) is 0 Å². The Kier molecular flexibility index (Phi) is 8.72. The molecule has 3 aromatic rings. The summed E-state index contributed by atoms with van der Waals surface area (Å²) in [6.07, 6.45) is 1.35. The first-order valence-electron chi connectivity index (χ1n) is 10.2. The first kappa shape index (κ1) is 24.4. The number of amides is 2. The topological polar surface area (TPSA) is 104 Å². The Labute approximate surface area is 200 Å². The zero-order valence-corrected chi connectivity index (χ0v) is 18.7. The Morgan fingerprint density at radius 3 is 2.62 bits per heavy atom. The maximum atomic E-state index is 13.6. The minimum atomic E-state index is -0.632. The molecule has 3 aromatic carbocycles. The van der Waals surface area contributed by atoms with Gasteiger partial charge in [-0.1, -0.05) is 35.9 Å². The van der Waals surface area contributed by atoms with Gasteiger partial charge in [-0.25, -0.2) is 9.82 Å². The lowest BCUT2D eigenvalue weighted by atomic mass is 10.1. The van der Waals surface area contributed by atoms with Crippen molar-refractivity contribution < 1.29 is 18.7 Å². The summed E-state index contributed by atoms with van der Waals surface area (Å²) in [5.74, 6) is -1.17. The molecule has 9 heteroatoms. The van der Waals surface area contributed by atoms with Crippen LogP contribution in [0.4, 0.5) is 4.39 Å². The van der Waals surface area contributed by atoms with Crippen molar-refractivity contribution in [3.63, 3.8) is 0 Å². The summed E-state index contributed by atoms with van der Waals surface area (Å²) in [5.41, 5.74) is 4.27. The van der Waals surface area contributed by atoms with Crippen LogP contribution in [0.25, 0.3) is 0 Å². The minimum absolute atomic E-state index is 0.0185. The van der Waals surface area contributed by atoms with E-state index in [1.165, 1.54) is 24.4 Å². The van der Waals surface area contributed by atoms with Crippen molar-refractivity contribution in [2.24, 2.45) is 5.10 Å². The predicted molar refractivity (Wildman–Crippen MR) is 126 cm³/mol. The smallest absolute Gasteiger partial charge is 0.254 e. The quantitative estimate of drug-likeness (QED) is 0.355. The number of nitrogens with one attached hydrogen (secondary N) is 2. The van der Waals surface area contributed by atoms with Crippen LogP contribution in [0.5, 0.6) is 5.75 Å². The molecule has 0 heterocycles. The van der Waals surface area contributed by atoms with Gasteiger partial charge in [-0.3, -0.25) is 9.59 Å². The number of nitriles is 1. The van der Waals surface area contributed by atoms with E-state index in [4.69, 9.17) is 21.6 Å². The third-order valence-electron chi connectivity index (χ3n) is 4.60. The third-order valence-corrected chi connectivity index (χ3v) is 4.83. The summed E-state index contributed by atoms with van der Waals surface area (Å²) in [7, 11) is 0. The number of hydrazone groups is 1. The first-order valence-corrected chi connectivity index (χ1v) is 10.6. The summed E-state index contributed by atoms with van der Waals surface area (Å²) in [6, 6.07) is 19.7. The second-order valence-corrected chi connectivity index (χ2v) is 7.49. The fourth-order valence-corrected chi connectivity index (χ4v) is 3.03. The van der Waals surface area contributed by atoms with Crippen LogP contribution in [0, 0.1) is 17.1 Å². The Bertz CT molecular complexity index is 1240. The van der Waals surface area contributed by atoms with E-state index < -0.39 is 17.6 Å². The average molecular weight is 479 g/mol. The van der Waals surface area contributed by atoms with Gasteiger partial charge in [0.25, 0.3) is 5.91 Å². The number of ether oxygens (including phenoxy) is 1. The van der Waals surface area contributed by atoms with Crippen LogP contribution in [0.3, 0.4) is 0 Å². The van der Waals surface area contributed by atoms with E-state index in [-0.39, 0.29) is 25.1 Å². The first-order chi connectivity index (χ1) is 16.5. The molecule has 172 valence electrons. The monoisotopic (exact) mass is 478 g/mol. The van der Waals surface area contributed by atoms with Crippen molar-refractivity contribution in [3.05, 3.63) is 99.8 Å². The van der Waals surface area contributed by atoms with Crippen LogP contribution in [-0.2, 0) is 11.4 Å². The number of hydrogen-bond donors (Lipinski definition) is 2. The molecule has 0 aliphatic heterocycles. The molecule has 0 saturated heterocycles. The van der Waals surface area contributed by atoms with Gasteiger partial charge in [0.2, 0.25) is 5.91 Å². The van der Waals surface area contributed by atoms with Crippen LogP contribution >= 0.6 is 11.6 Å². The zero-order valence-electron chi connectivity index (χ0n) is 17.9. The molecule has 0 spiro atoms. The van der Waals surface area contributed by atoms with Gasteiger partial charge in [-0.15, -0.1) is 0 Å². The predicted octanol–water partition coefficient (Wildman–Crippen LogP) is 4.20. The third kappa shape index (κ3) is 7.15. The SMILES string of the molecule is N#Cc1ccc(COc2ccc(Cl)cc2C=NNC(=O)CCNC(=O)c2ccccc2F)cc1. The number of carbonyl (C=O) groups excluding carboxylic acids is 2. The lowest BCUT2D eigenvalue weighted by Crippen LogP contribution is -2.29. The molecule has 0 aliphatic rings. The van der Waals surface area contributed by atoms with Crippen molar-refractivity contribution >= 4 is 29.6 Å². The average Bonchev–Trinajstić information content (AvgIpc) is 2.84. The highest BCUT2D eigenvalue weighted by atomic mass is 35.5. The van der Waals surface area contributed by atoms with Crippen molar-refractivity contribution in [3.8, 4) is 11.8 Å². The van der Waals surface area contributed by atoms with Crippen molar-refractivity contribution in [2.75, 3.05) is 6.54 Å². The van der Waals surface area contributed by atoms with Gasteiger partial charge < -0.3 is 10.1 Å². The molecule has 0 aliphatic carbocycles. The fourth-order valence-electron chi connectivity index (χ4n) is 2.85. The number of hydrogen-bond acceptors (Lipinski definition) is 5. The number of halogens is 2. The van der Waals surface area contributed by atoms with Gasteiger partial charge in [0, 0.05) is 23.6 Å². The maximum absolute atomic E-state index is 13.6. The van der Waals surface area contributed by atoms with Gasteiger partial charge in [0.1, 0.15) is 18.2 Å². The van der Waals surface area contributed by atoms with Crippen molar-refractivity contribution in [1.82, 2.24) is 10.7 Å². The molecule has 2 amide bonds. The lowest BCUT2D eigenvalue weighted by Gasteiger charge is -2.10. The summed E-state index contributed by atoms with van der Waals surface area (Å²) in [6.45, 7) is 0.285. The maximum Gasteiger partial charge on any atom is 0.254 e. The van der Waals surface area contributed by atoms with E-state index in [9.17, 15) is 14.0 Å². The molecule has 0 saturated carbocycles.